The van der Waals surface area contributed by atoms with Gasteiger partial charge in [0.2, 0.25) is 0 Å². The molecule has 2 unspecified atom stereocenters. The second-order valence-corrected chi connectivity index (χ2v) is 4.53. The number of ether oxygens (including phenoxy) is 1. The molecule has 1 heterocycles. The Morgan fingerprint density at radius 1 is 1.38 bits per heavy atom. The van der Waals surface area contributed by atoms with Crippen LogP contribution in [0, 0.1) is 5.92 Å². The summed E-state index contributed by atoms with van der Waals surface area (Å²) in [7, 11) is 1.65. The second kappa shape index (κ2) is 4.40. The average Bonchev–Trinajstić information content (AvgIpc) is 2.05. The third-order valence-corrected chi connectivity index (χ3v) is 2.67. The van der Waals surface area contributed by atoms with E-state index >= 15 is 0 Å². The molecule has 0 aliphatic carbocycles. The minimum absolute atomic E-state index is 0.0884. The molecule has 1 aliphatic heterocycles. The van der Waals surface area contributed by atoms with Crippen molar-refractivity contribution in [1.29, 1.82) is 0 Å². The van der Waals surface area contributed by atoms with Crippen LogP contribution in [-0.4, -0.2) is 25.4 Å². The summed E-state index contributed by atoms with van der Waals surface area (Å²) in [6, 6.07) is 0. The molecule has 1 fully saturated rings. The molecule has 0 spiro atoms. The Morgan fingerprint density at radius 3 is 2.54 bits per heavy atom. The number of nitrogens with one attached hydrogen (secondary N) is 1. The molecule has 0 bridgehead atoms. The zero-order chi connectivity index (χ0) is 9.90. The quantitative estimate of drug-likeness (QED) is 0.683. The molecule has 3 nitrogen and oxygen atoms in total. The topological polar surface area (TPSA) is 30.5 Å². The number of hydrogen-bond acceptors (Lipinski definition) is 3. The maximum absolute atomic E-state index is 5.77. The van der Waals surface area contributed by atoms with Gasteiger partial charge in [-0.1, -0.05) is 6.92 Å². The van der Waals surface area contributed by atoms with E-state index in [9.17, 15) is 0 Å². The summed E-state index contributed by atoms with van der Waals surface area (Å²) in [6.07, 6.45) is 2.63. The average molecular weight is 187 g/mol. The molecule has 0 amide bonds. The molecule has 13 heavy (non-hydrogen) atoms. The molecule has 1 saturated heterocycles. The van der Waals surface area contributed by atoms with Gasteiger partial charge in [0, 0.05) is 6.61 Å². The molecule has 0 saturated carbocycles. The van der Waals surface area contributed by atoms with Crippen LogP contribution in [0.25, 0.3) is 0 Å². The summed E-state index contributed by atoms with van der Waals surface area (Å²) in [6.45, 7) is 7.32. The Bertz CT molecular complexity index is 151. The summed E-state index contributed by atoms with van der Waals surface area (Å²) >= 11 is 0. The van der Waals surface area contributed by atoms with E-state index in [0.29, 0.717) is 5.92 Å². The first-order valence-corrected chi connectivity index (χ1v) is 4.98. The highest BCUT2D eigenvalue weighted by Crippen LogP contribution is 2.25. The van der Waals surface area contributed by atoms with Gasteiger partial charge in [0.05, 0.1) is 18.8 Å². The summed E-state index contributed by atoms with van der Waals surface area (Å²) in [5.41, 5.74) is 2.89. The lowest BCUT2D eigenvalue weighted by Gasteiger charge is -2.38. The Labute approximate surface area is 80.7 Å². The minimum atomic E-state index is -0.0884. The van der Waals surface area contributed by atoms with Crippen molar-refractivity contribution in [1.82, 2.24) is 5.48 Å². The fourth-order valence-corrected chi connectivity index (χ4v) is 1.78. The molecule has 0 aromatic rings. The maximum Gasteiger partial charge on any atom is 0.0773 e. The monoisotopic (exact) mass is 187 g/mol. The van der Waals surface area contributed by atoms with Crippen LogP contribution in [0.1, 0.15) is 33.6 Å². The Balaban J connectivity index is 2.42. The zero-order valence-corrected chi connectivity index (χ0v) is 9.09. The highest BCUT2D eigenvalue weighted by Gasteiger charge is 2.33. The van der Waals surface area contributed by atoms with Gasteiger partial charge in [-0.25, -0.2) is 0 Å². The standard InChI is InChI=1S/C10H21NO2/c1-8-5-6-9(13-7-8)10(2,3)11-12-4/h8-9,11H,5-7H2,1-4H3. The summed E-state index contributed by atoms with van der Waals surface area (Å²) in [4.78, 5) is 4.96. The first-order chi connectivity index (χ1) is 6.06. The van der Waals surface area contributed by atoms with Gasteiger partial charge in [-0.3, -0.25) is 0 Å². The molecule has 0 aromatic heterocycles. The van der Waals surface area contributed by atoms with Crippen molar-refractivity contribution in [2.75, 3.05) is 13.7 Å². The summed E-state index contributed by atoms with van der Waals surface area (Å²) in [5, 5.41) is 0. The van der Waals surface area contributed by atoms with Crippen molar-refractivity contribution in [3.63, 3.8) is 0 Å². The third kappa shape index (κ3) is 2.93. The van der Waals surface area contributed by atoms with Crippen molar-refractivity contribution in [3.8, 4) is 0 Å². The van der Waals surface area contributed by atoms with Crippen LogP contribution in [-0.2, 0) is 9.57 Å². The largest absolute Gasteiger partial charge is 0.376 e. The lowest BCUT2D eigenvalue weighted by Crippen LogP contribution is -2.51. The fraction of sp³-hybridized carbons (Fsp3) is 1.00. The Morgan fingerprint density at radius 2 is 2.08 bits per heavy atom. The molecule has 1 aliphatic rings. The summed E-state index contributed by atoms with van der Waals surface area (Å²) < 4.78 is 5.77. The minimum Gasteiger partial charge on any atom is -0.376 e. The van der Waals surface area contributed by atoms with E-state index in [0.717, 1.165) is 13.0 Å². The lowest BCUT2D eigenvalue weighted by atomic mass is 9.89. The molecule has 0 radical (unpaired) electrons. The van der Waals surface area contributed by atoms with E-state index in [2.05, 4.69) is 26.3 Å². The summed E-state index contributed by atoms with van der Waals surface area (Å²) in [5.74, 6) is 0.703. The SMILES string of the molecule is CONC(C)(C)C1CCC(C)CO1. The molecule has 1 N–H and O–H groups in total. The normalized spacial score (nSPS) is 30.5. The predicted molar refractivity (Wildman–Crippen MR) is 52.4 cm³/mol. The van der Waals surface area contributed by atoms with Gasteiger partial charge >= 0.3 is 0 Å². The van der Waals surface area contributed by atoms with Gasteiger partial charge in [-0.05, 0) is 32.6 Å². The first-order valence-electron chi connectivity index (χ1n) is 4.98. The molecule has 0 aromatic carbocycles. The highest BCUT2D eigenvalue weighted by atomic mass is 16.6. The van der Waals surface area contributed by atoms with Crippen molar-refractivity contribution >= 4 is 0 Å². The molecule has 78 valence electrons. The molecular formula is C10H21NO2. The third-order valence-electron chi connectivity index (χ3n) is 2.67. The lowest BCUT2D eigenvalue weighted by molar-refractivity contribution is -0.0981. The van der Waals surface area contributed by atoms with Crippen LogP contribution in [0.5, 0.6) is 0 Å². The van der Waals surface area contributed by atoms with Gasteiger partial charge in [0.15, 0.2) is 0 Å². The molecular weight excluding hydrogens is 166 g/mol. The van der Waals surface area contributed by atoms with Crippen LogP contribution in [0.15, 0.2) is 0 Å². The van der Waals surface area contributed by atoms with E-state index in [-0.39, 0.29) is 11.6 Å². The van der Waals surface area contributed by atoms with Crippen LogP contribution in [0.2, 0.25) is 0 Å². The van der Waals surface area contributed by atoms with Crippen LogP contribution in [0.4, 0.5) is 0 Å². The van der Waals surface area contributed by atoms with Crippen LogP contribution in [0.3, 0.4) is 0 Å². The fourth-order valence-electron chi connectivity index (χ4n) is 1.78. The first kappa shape index (κ1) is 11.0. The van der Waals surface area contributed by atoms with Gasteiger partial charge < -0.3 is 9.57 Å². The van der Waals surface area contributed by atoms with Gasteiger partial charge in [-0.2, -0.15) is 5.48 Å². The van der Waals surface area contributed by atoms with E-state index in [4.69, 9.17) is 9.57 Å². The van der Waals surface area contributed by atoms with E-state index in [1.165, 1.54) is 6.42 Å². The predicted octanol–water partition coefficient (Wildman–Crippen LogP) is 1.73. The molecule has 2 atom stereocenters. The van der Waals surface area contributed by atoms with Gasteiger partial charge in [-0.15, -0.1) is 0 Å². The molecule has 3 heteroatoms. The number of rotatable bonds is 3. The van der Waals surface area contributed by atoms with Gasteiger partial charge in [0.25, 0.3) is 0 Å². The smallest absolute Gasteiger partial charge is 0.0773 e. The highest BCUT2D eigenvalue weighted by molar-refractivity contribution is 4.86. The van der Waals surface area contributed by atoms with E-state index in [1.807, 2.05) is 0 Å². The van der Waals surface area contributed by atoms with E-state index < -0.39 is 0 Å². The molecule has 1 rings (SSSR count). The second-order valence-electron chi connectivity index (χ2n) is 4.53. The van der Waals surface area contributed by atoms with Crippen LogP contribution < -0.4 is 5.48 Å². The van der Waals surface area contributed by atoms with Gasteiger partial charge in [0.1, 0.15) is 0 Å². The maximum atomic E-state index is 5.77. The zero-order valence-electron chi connectivity index (χ0n) is 9.09. The van der Waals surface area contributed by atoms with Crippen molar-refractivity contribution in [3.05, 3.63) is 0 Å². The van der Waals surface area contributed by atoms with Crippen LogP contribution >= 0.6 is 0 Å². The van der Waals surface area contributed by atoms with Crippen molar-refractivity contribution in [2.45, 2.75) is 45.3 Å². The number of hydroxylamine groups is 1. The van der Waals surface area contributed by atoms with Crippen molar-refractivity contribution < 1.29 is 9.57 Å². The number of hydrogen-bond donors (Lipinski definition) is 1. The van der Waals surface area contributed by atoms with E-state index in [1.54, 1.807) is 7.11 Å². The Kier molecular flexibility index (Phi) is 3.71. The Hall–Kier alpha value is -0.120. The van der Waals surface area contributed by atoms with Crippen molar-refractivity contribution in [2.24, 2.45) is 5.92 Å².